The van der Waals surface area contributed by atoms with Crippen LogP contribution in [0.1, 0.15) is 18.0 Å². The van der Waals surface area contributed by atoms with E-state index >= 15 is 0 Å². The minimum absolute atomic E-state index is 0.0185. The zero-order valence-electron chi connectivity index (χ0n) is 11.3. The SMILES string of the molecule is NC(=NO)C(NC(=O)C1CCS(=O)(=O)C1)c1ccccc1. The Kier molecular flexibility index (Phi) is 4.46. The van der Waals surface area contributed by atoms with E-state index in [0.29, 0.717) is 12.0 Å². The monoisotopic (exact) mass is 311 g/mol. The van der Waals surface area contributed by atoms with Crippen molar-refractivity contribution in [2.24, 2.45) is 16.8 Å². The van der Waals surface area contributed by atoms with Gasteiger partial charge in [0.15, 0.2) is 15.7 Å². The molecule has 1 aliphatic rings. The summed E-state index contributed by atoms with van der Waals surface area (Å²) in [7, 11) is -3.14. The zero-order valence-corrected chi connectivity index (χ0v) is 12.1. The van der Waals surface area contributed by atoms with E-state index in [-0.39, 0.29) is 17.3 Å². The number of rotatable bonds is 4. The van der Waals surface area contributed by atoms with Crippen molar-refractivity contribution in [1.82, 2.24) is 5.32 Å². The Balaban J connectivity index is 2.15. The summed E-state index contributed by atoms with van der Waals surface area (Å²) in [5.41, 5.74) is 6.27. The molecule has 8 heteroatoms. The normalized spacial score (nSPS) is 22.7. The first-order valence-corrected chi connectivity index (χ1v) is 8.28. The van der Waals surface area contributed by atoms with Crippen LogP contribution < -0.4 is 11.1 Å². The van der Waals surface area contributed by atoms with Crippen molar-refractivity contribution < 1.29 is 18.4 Å². The number of carbonyl (C=O) groups excluding carboxylic acids is 1. The maximum Gasteiger partial charge on any atom is 0.225 e. The van der Waals surface area contributed by atoms with Gasteiger partial charge in [0.25, 0.3) is 0 Å². The van der Waals surface area contributed by atoms with Crippen molar-refractivity contribution in [3.63, 3.8) is 0 Å². The summed E-state index contributed by atoms with van der Waals surface area (Å²) in [4.78, 5) is 12.2. The van der Waals surface area contributed by atoms with Crippen LogP contribution in [-0.4, -0.2) is 36.9 Å². The molecule has 1 saturated heterocycles. The lowest BCUT2D eigenvalue weighted by Crippen LogP contribution is -2.41. The van der Waals surface area contributed by atoms with E-state index in [1.807, 2.05) is 0 Å². The van der Waals surface area contributed by atoms with Crippen molar-refractivity contribution in [2.45, 2.75) is 12.5 Å². The van der Waals surface area contributed by atoms with Crippen LogP contribution in [0.4, 0.5) is 0 Å². The lowest BCUT2D eigenvalue weighted by atomic mass is 10.0. The van der Waals surface area contributed by atoms with Crippen LogP contribution in [0.3, 0.4) is 0 Å². The van der Waals surface area contributed by atoms with Crippen LogP contribution in [-0.2, 0) is 14.6 Å². The fraction of sp³-hybridized carbons (Fsp3) is 0.385. The van der Waals surface area contributed by atoms with E-state index < -0.39 is 27.7 Å². The Hall–Kier alpha value is -2.09. The van der Waals surface area contributed by atoms with Crippen LogP contribution >= 0.6 is 0 Å². The van der Waals surface area contributed by atoms with Gasteiger partial charge in [0.05, 0.1) is 17.4 Å². The van der Waals surface area contributed by atoms with Gasteiger partial charge in [-0.2, -0.15) is 0 Å². The second-order valence-corrected chi connectivity index (χ2v) is 7.21. The van der Waals surface area contributed by atoms with E-state index in [2.05, 4.69) is 10.5 Å². The summed E-state index contributed by atoms with van der Waals surface area (Å²) in [5.74, 6) is -1.29. The molecule has 2 atom stereocenters. The number of oxime groups is 1. The molecule has 1 aliphatic heterocycles. The molecular formula is C13H17N3O4S. The van der Waals surface area contributed by atoms with Gasteiger partial charge in [0, 0.05) is 0 Å². The number of nitrogens with two attached hydrogens (primary N) is 1. The molecule has 1 amide bonds. The van der Waals surface area contributed by atoms with Gasteiger partial charge in [-0.05, 0) is 12.0 Å². The van der Waals surface area contributed by atoms with Crippen molar-refractivity contribution in [3.05, 3.63) is 35.9 Å². The summed E-state index contributed by atoms with van der Waals surface area (Å²) in [5, 5.41) is 14.4. The second-order valence-electron chi connectivity index (χ2n) is 4.98. The van der Waals surface area contributed by atoms with Gasteiger partial charge in [0.1, 0.15) is 6.04 Å². The Morgan fingerprint density at radius 1 is 1.38 bits per heavy atom. The second kappa shape index (κ2) is 6.13. The molecule has 0 radical (unpaired) electrons. The Labute approximate surface area is 122 Å². The topological polar surface area (TPSA) is 122 Å². The van der Waals surface area contributed by atoms with Crippen LogP contribution in [0, 0.1) is 5.92 Å². The number of hydrogen-bond donors (Lipinski definition) is 3. The first-order chi connectivity index (χ1) is 9.93. The minimum atomic E-state index is -3.14. The molecule has 0 saturated carbocycles. The third kappa shape index (κ3) is 3.72. The molecule has 0 spiro atoms. The smallest absolute Gasteiger partial charge is 0.225 e. The van der Waals surface area contributed by atoms with Crippen molar-refractivity contribution in [3.8, 4) is 0 Å². The quantitative estimate of drug-likeness (QED) is 0.313. The van der Waals surface area contributed by atoms with Gasteiger partial charge in [-0.1, -0.05) is 35.5 Å². The maximum absolute atomic E-state index is 12.2. The molecule has 0 aromatic heterocycles. The summed E-state index contributed by atoms with van der Waals surface area (Å²) < 4.78 is 22.8. The van der Waals surface area contributed by atoms with Gasteiger partial charge < -0.3 is 16.3 Å². The van der Waals surface area contributed by atoms with Crippen LogP contribution in [0.5, 0.6) is 0 Å². The molecule has 2 rings (SSSR count). The Morgan fingerprint density at radius 2 is 2.05 bits per heavy atom. The van der Waals surface area contributed by atoms with E-state index in [0.717, 1.165) is 0 Å². The average molecular weight is 311 g/mol. The first-order valence-electron chi connectivity index (χ1n) is 6.46. The molecular weight excluding hydrogens is 294 g/mol. The van der Waals surface area contributed by atoms with Gasteiger partial charge in [-0.25, -0.2) is 8.42 Å². The zero-order chi connectivity index (χ0) is 15.5. The highest BCUT2D eigenvalue weighted by Gasteiger charge is 2.34. The third-order valence-electron chi connectivity index (χ3n) is 3.43. The summed E-state index contributed by atoms with van der Waals surface area (Å²) in [6.45, 7) is 0. The van der Waals surface area contributed by atoms with Gasteiger partial charge in [0.2, 0.25) is 5.91 Å². The van der Waals surface area contributed by atoms with Crippen molar-refractivity contribution >= 4 is 21.6 Å². The number of nitrogens with one attached hydrogen (secondary N) is 1. The van der Waals surface area contributed by atoms with E-state index in [1.165, 1.54) is 0 Å². The first kappa shape index (κ1) is 15.3. The number of benzene rings is 1. The third-order valence-corrected chi connectivity index (χ3v) is 5.20. The minimum Gasteiger partial charge on any atom is -0.409 e. The predicted molar refractivity (Wildman–Crippen MR) is 77.5 cm³/mol. The average Bonchev–Trinajstić information content (AvgIpc) is 2.85. The van der Waals surface area contributed by atoms with E-state index in [4.69, 9.17) is 10.9 Å². The Bertz CT molecular complexity index is 643. The maximum atomic E-state index is 12.2. The number of amidine groups is 1. The molecule has 7 nitrogen and oxygen atoms in total. The van der Waals surface area contributed by atoms with Gasteiger partial charge in [-0.3, -0.25) is 4.79 Å². The van der Waals surface area contributed by atoms with Gasteiger partial charge in [-0.15, -0.1) is 0 Å². The van der Waals surface area contributed by atoms with E-state index in [1.54, 1.807) is 30.3 Å². The van der Waals surface area contributed by atoms with Gasteiger partial charge >= 0.3 is 0 Å². The van der Waals surface area contributed by atoms with Crippen molar-refractivity contribution in [1.29, 1.82) is 0 Å². The molecule has 1 aromatic rings. The molecule has 2 unspecified atom stereocenters. The Morgan fingerprint density at radius 3 is 2.57 bits per heavy atom. The molecule has 0 aliphatic carbocycles. The summed E-state index contributed by atoms with van der Waals surface area (Å²) in [6, 6.07) is 8.01. The summed E-state index contributed by atoms with van der Waals surface area (Å²) >= 11 is 0. The highest BCUT2D eigenvalue weighted by molar-refractivity contribution is 7.91. The standard InChI is InChI=1S/C13H17N3O4S/c14-12(16-18)11(9-4-2-1-3-5-9)15-13(17)10-6-7-21(19,20)8-10/h1-5,10-11,18H,6-8H2,(H2,14,16)(H,15,17). The molecule has 1 fully saturated rings. The number of nitrogens with zero attached hydrogens (tertiary/aromatic N) is 1. The molecule has 1 heterocycles. The molecule has 21 heavy (non-hydrogen) atoms. The number of amides is 1. The number of carbonyl (C=O) groups is 1. The predicted octanol–water partition coefficient (Wildman–Crippen LogP) is 0.0250. The largest absolute Gasteiger partial charge is 0.409 e. The number of sulfone groups is 1. The van der Waals surface area contributed by atoms with Crippen LogP contribution in [0.25, 0.3) is 0 Å². The summed E-state index contributed by atoms with van der Waals surface area (Å²) in [6.07, 6.45) is 0.297. The molecule has 114 valence electrons. The molecule has 0 bridgehead atoms. The van der Waals surface area contributed by atoms with Crippen LogP contribution in [0.2, 0.25) is 0 Å². The van der Waals surface area contributed by atoms with E-state index in [9.17, 15) is 13.2 Å². The number of hydrogen-bond acceptors (Lipinski definition) is 5. The molecule has 1 aromatic carbocycles. The fourth-order valence-corrected chi connectivity index (χ4v) is 4.03. The fourth-order valence-electron chi connectivity index (χ4n) is 2.29. The molecule has 4 N–H and O–H groups in total. The lowest BCUT2D eigenvalue weighted by molar-refractivity contribution is -0.124. The highest BCUT2D eigenvalue weighted by atomic mass is 32.2. The van der Waals surface area contributed by atoms with Crippen molar-refractivity contribution in [2.75, 3.05) is 11.5 Å². The highest BCUT2D eigenvalue weighted by Crippen LogP contribution is 2.20. The van der Waals surface area contributed by atoms with Crippen LogP contribution in [0.15, 0.2) is 35.5 Å². The lowest BCUT2D eigenvalue weighted by Gasteiger charge is -2.19.